The van der Waals surface area contributed by atoms with Crippen molar-refractivity contribution >= 4 is 18.3 Å². The number of halogens is 1. The standard InChI is InChI=1S/C16H22N2O2.ClH/c17-15(11-4-2-1-3-5-11)10-16(20)18-12-6-7-13(18)9-14(19)8-12;/h1-5,12-15,19H,6-10,17H2;1H. The molecule has 2 bridgehead atoms. The molecule has 2 saturated heterocycles. The van der Waals surface area contributed by atoms with Crippen LogP contribution in [0, 0.1) is 0 Å². The fraction of sp³-hybridized carbons (Fsp3) is 0.562. The van der Waals surface area contributed by atoms with Crippen molar-refractivity contribution in [3.05, 3.63) is 35.9 Å². The molecule has 0 spiro atoms. The zero-order valence-corrected chi connectivity index (χ0v) is 12.8. The summed E-state index contributed by atoms with van der Waals surface area (Å²) in [7, 11) is 0. The fourth-order valence-corrected chi connectivity index (χ4v) is 3.67. The highest BCUT2D eigenvalue weighted by Gasteiger charge is 2.42. The third-order valence-corrected chi connectivity index (χ3v) is 4.62. The molecule has 116 valence electrons. The molecule has 0 aliphatic carbocycles. The van der Waals surface area contributed by atoms with Gasteiger partial charge in [-0.1, -0.05) is 30.3 Å². The van der Waals surface area contributed by atoms with Gasteiger partial charge in [-0.3, -0.25) is 4.79 Å². The number of aliphatic hydroxyl groups excluding tert-OH is 1. The van der Waals surface area contributed by atoms with Gasteiger partial charge in [-0.2, -0.15) is 0 Å². The summed E-state index contributed by atoms with van der Waals surface area (Å²) in [6.07, 6.45) is 3.61. The van der Waals surface area contributed by atoms with E-state index in [1.165, 1.54) is 0 Å². The van der Waals surface area contributed by atoms with Gasteiger partial charge < -0.3 is 15.7 Å². The summed E-state index contributed by atoms with van der Waals surface area (Å²) < 4.78 is 0. The average molecular weight is 311 g/mol. The second kappa shape index (κ2) is 6.77. The monoisotopic (exact) mass is 310 g/mol. The third kappa shape index (κ3) is 3.39. The van der Waals surface area contributed by atoms with Crippen molar-refractivity contribution in [2.24, 2.45) is 5.73 Å². The van der Waals surface area contributed by atoms with Gasteiger partial charge in [0.15, 0.2) is 0 Å². The van der Waals surface area contributed by atoms with Crippen LogP contribution in [-0.4, -0.2) is 34.1 Å². The Bertz CT molecular complexity index is 468. The van der Waals surface area contributed by atoms with Crippen molar-refractivity contribution in [2.75, 3.05) is 0 Å². The topological polar surface area (TPSA) is 66.6 Å². The van der Waals surface area contributed by atoms with Crippen LogP contribution >= 0.6 is 12.4 Å². The zero-order chi connectivity index (χ0) is 14.1. The molecule has 3 unspecified atom stereocenters. The highest BCUT2D eigenvalue weighted by Crippen LogP contribution is 2.36. The number of fused-ring (bicyclic) bond motifs is 2. The molecule has 0 saturated carbocycles. The predicted molar refractivity (Wildman–Crippen MR) is 84.1 cm³/mol. The first-order chi connectivity index (χ1) is 9.65. The number of nitrogens with two attached hydrogens (primary N) is 1. The maximum atomic E-state index is 12.5. The quantitative estimate of drug-likeness (QED) is 0.897. The van der Waals surface area contributed by atoms with Gasteiger partial charge >= 0.3 is 0 Å². The minimum Gasteiger partial charge on any atom is -0.393 e. The molecule has 3 rings (SSSR count). The van der Waals surface area contributed by atoms with E-state index in [0.29, 0.717) is 6.42 Å². The third-order valence-electron chi connectivity index (χ3n) is 4.62. The molecule has 2 fully saturated rings. The number of aliphatic hydroxyl groups is 1. The highest BCUT2D eigenvalue weighted by molar-refractivity contribution is 5.85. The number of rotatable bonds is 3. The van der Waals surface area contributed by atoms with Crippen molar-refractivity contribution in [3.8, 4) is 0 Å². The van der Waals surface area contributed by atoms with Crippen LogP contribution in [0.25, 0.3) is 0 Å². The molecular formula is C16H23ClN2O2. The summed E-state index contributed by atoms with van der Waals surface area (Å²) in [5.74, 6) is 0.140. The van der Waals surface area contributed by atoms with E-state index in [0.717, 1.165) is 31.2 Å². The van der Waals surface area contributed by atoms with Gasteiger partial charge in [0.2, 0.25) is 5.91 Å². The molecular weight excluding hydrogens is 288 g/mol. The minimum atomic E-state index is -0.241. The van der Waals surface area contributed by atoms with Gasteiger partial charge in [-0.05, 0) is 31.2 Å². The first kappa shape index (κ1) is 16.3. The smallest absolute Gasteiger partial charge is 0.224 e. The van der Waals surface area contributed by atoms with Gasteiger partial charge in [0.1, 0.15) is 0 Å². The van der Waals surface area contributed by atoms with Crippen LogP contribution in [0.2, 0.25) is 0 Å². The molecule has 1 amide bonds. The van der Waals surface area contributed by atoms with E-state index in [1.54, 1.807) is 0 Å². The highest BCUT2D eigenvalue weighted by atomic mass is 35.5. The van der Waals surface area contributed by atoms with Crippen LogP contribution in [-0.2, 0) is 4.79 Å². The van der Waals surface area contributed by atoms with E-state index in [9.17, 15) is 9.90 Å². The maximum Gasteiger partial charge on any atom is 0.224 e. The SMILES string of the molecule is Cl.NC(CC(=O)N1C2CCC1CC(O)C2)c1ccccc1. The minimum absolute atomic E-state index is 0. The summed E-state index contributed by atoms with van der Waals surface area (Å²) in [4.78, 5) is 14.5. The number of amides is 1. The normalized spacial score (nSPS) is 28.9. The van der Waals surface area contributed by atoms with Crippen molar-refractivity contribution < 1.29 is 9.90 Å². The van der Waals surface area contributed by atoms with E-state index >= 15 is 0 Å². The number of carbonyl (C=O) groups is 1. The Labute approximate surface area is 131 Å². The van der Waals surface area contributed by atoms with E-state index in [1.807, 2.05) is 35.2 Å². The maximum absolute atomic E-state index is 12.5. The zero-order valence-electron chi connectivity index (χ0n) is 12.0. The Morgan fingerprint density at radius 3 is 2.38 bits per heavy atom. The van der Waals surface area contributed by atoms with Gasteiger partial charge in [-0.25, -0.2) is 0 Å². The van der Waals surface area contributed by atoms with Crippen LogP contribution in [0.1, 0.15) is 43.7 Å². The fourth-order valence-electron chi connectivity index (χ4n) is 3.67. The van der Waals surface area contributed by atoms with Gasteiger partial charge in [0, 0.05) is 24.5 Å². The van der Waals surface area contributed by atoms with Crippen molar-refractivity contribution in [2.45, 2.75) is 56.3 Å². The lowest BCUT2D eigenvalue weighted by atomic mass is 9.97. The molecule has 4 nitrogen and oxygen atoms in total. The van der Waals surface area contributed by atoms with Crippen LogP contribution in [0.5, 0.6) is 0 Å². The predicted octanol–water partition coefficient (Wildman–Crippen LogP) is 2.01. The lowest BCUT2D eigenvalue weighted by Gasteiger charge is -2.37. The summed E-state index contributed by atoms with van der Waals surface area (Å²) in [6.45, 7) is 0. The summed E-state index contributed by atoms with van der Waals surface area (Å²) >= 11 is 0. The number of carbonyl (C=O) groups excluding carboxylic acids is 1. The summed E-state index contributed by atoms with van der Waals surface area (Å²) in [5.41, 5.74) is 7.15. The Morgan fingerprint density at radius 1 is 1.24 bits per heavy atom. The molecule has 0 radical (unpaired) electrons. The first-order valence-corrected chi connectivity index (χ1v) is 7.45. The number of hydrogen-bond acceptors (Lipinski definition) is 3. The molecule has 2 aliphatic rings. The molecule has 21 heavy (non-hydrogen) atoms. The van der Waals surface area contributed by atoms with Crippen LogP contribution in [0.15, 0.2) is 30.3 Å². The van der Waals surface area contributed by atoms with Crippen LogP contribution < -0.4 is 5.73 Å². The summed E-state index contributed by atoms with van der Waals surface area (Å²) in [5, 5.41) is 9.79. The number of benzene rings is 1. The number of hydrogen-bond donors (Lipinski definition) is 2. The second-order valence-electron chi connectivity index (χ2n) is 6.03. The Kier molecular flexibility index (Phi) is 5.25. The molecule has 2 aliphatic heterocycles. The Hall–Kier alpha value is -1.10. The lowest BCUT2D eigenvalue weighted by Crippen LogP contribution is -2.48. The molecule has 1 aromatic carbocycles. The Balaban J connectivity index is 0.00000161. The van der Waals surface area contributed by atoms with Gasteiger partial charge in [0.05, 0.1) is 6.10 Å². The summed E-state index contributed by atoms with van der Waals surface area (Å²) in [6, 6.07) is 9.97. The van der Waals surface area contributed by atoms with Gasteiger partial charge in [-0.15, -0.1) is 12.4 Å². The van der Waals surface area contributed by atoms with E-state index < -0.39 is 0 Å². The molecule has 1 aromatic rings. The van der Waals surface area contributed by atoms with Crippen LogP contribution in [0.3, 0.4) is 0 Å². The van der Waals surface area contributed by atoms with E-state index in [2.05, 4.69) is 0 Å². The average Bonchev–Trinajstić information content (AvgIpc) is 2.72. The molecule has 3 atom stereocenters. The van der Waals surface area contributed by atoms with Crippen molar-refractivity contribution in [3.63, 3.8) is 0 Å². The Morgan fingerprint density at radius 2 is 1.81 bits per heavy atom. The molecule has 5 heteroatoms. The largest absolute Gasteiger partial charge is 0.393 e. The molecule has 2 heterocycles. The van der Waals surface area contributed by atoms with Crippen LogP contribution in [0.4, 0.5) is 0 Å². The molecule has 3 N–H and O–H groups in total. The first-order valence-electron chi connectivity index (χ1n) is 7.45. The number of nitrogens with zero attached hydrogens (tertiary/aromatic N) is 1. The molecule has 0 aromatic heterocycles. The number of piperidine rings is 1. The second-order valence-corrected chi connectivity index (χ2v) is 6.03. The van der Waals surface area contributed by atoms with Crippen molar-refractivity contribution in [1.82, 2.24) is 4.90 Å². The lowest BCUT2D eigenvalue weighted by molar-refractivity contribution is -0.137. The van der Waals surface area contributed by atoms with Gasteiger partial charge in [0.25, 0.3) is 0 Å². The van der Waals surface area contributed by atoms with E-state index in [4.69, 9.17) is 5.73 Å². The van der Waals surface area contributed by atoms with Crippen molar-refractivity contribution in [1.29, 1.82) is 0 Å². The van der Waals surface area contributed by atoms with E-state index in [-0.39, 0.29) is 42.5 Å².